The molecule has 0 aromatic carbocycles. The molecule has 0 bridgehead atoms. The minimum atomic E-state index is -0.311. The minimum absolute atomic E-state index is 0.0919. The van der Waals surface area contributed by atoms with Crippen molar-refractivity contribution < 1.29 is 5.11 Å². The summed E-state index contributed by atoms with van der Waals surface area (Å²) in [6.07, 6.45) is 3.96. The van der Waals surface area contributed by atoms with Gasteiger partial charge in [0, 0.05) is 12.4 Å². The molecule has 0 amide bonds. The number of nitriles is 1. The van der Waals surface area contributed by atoms with Gasteiger partial charge in [-0.2, -0.15) is 5.26 Å². The first-order chi connectivity index (χ1) is 5.86. The van der Waals surface area contributed by atoms with Crippen LogP contribution in [-0.4, -0.2) is 16.7 Å². The lowest BCUT2D eigenvalue weighted by Crippen LogP contribution is -2.06. The average Bonchev–Trinajstić information content (AvgIpc) is 2.16. The molecule has 3 heteroatoms. The predicted octanol–water partition coefficient (Wildman–Crippen LogP) is 0.756. The van der Waals surface area contributed by atoms with Crippen LogP contribution in [-0.2, 0) is 6.42 Å². The van der Waals surface area contributed by atoms with Gasteiger partial charge in [0.15, 0.2) is 0 Å². The highest BCUT2D eigenvalue weighted by Gasteiger charge is 2.05. The summed E-state index contributed by atoms with van der Waals surface area (Å²) in [6, 6.07) is 5.74. The van der Waals surface area contributed by atoms with Crippen LogP contribution in [0.2, 0.25) is 0 Å². The van der Waals surface area contributed by atoms with Crippen LogP contribution in [0.15, 0.2) is 24.5 Å². The van der Waals surface area contributed by atoms with Crippen molar-refractivity contribution in [2.75, 3.05) is 6.61 Å². The van der Waals surface area contributed by atoms with E-state index in [4.69, 9.17) is 10.4 Å². The van der Waals surface area contributed by atoms with Crippen molar-refractivity contribution in [3.8, 4) is 6.07 Å². The Hall–Kier alpha value is -1.40. The molecule has 0 saturated heterocycles. The maximum atomic E-state index is 8.74. The van der Waals surface area contributed by atoms with E-state index in [9.17, 15) is 0 Å². The SMILES string of the molecule is N#CC(CO)Cc1cccnc1. The summed E-state index contributed by atoms with van der Waals surface area (Å²) in [7, 11) is 0. The minimum Gasteiger partial charge on any atom is -0.395 e. The molecule has 1 atom stereocenters. The fourth-order valence-corrected chi connectivity index (χ4v) is 0.954. The first-order valence-corrected chi connectivity index (χ1v) is 3.76. The monoisotopic (exact) mass is 162 g/mol. The van der Waals surface area contributed by atoms with Crippen LogP contribution in [0.25, 0.3) is 0 Å². The molecule has 0 aliphatic carbocycles. The van der Waals surface area contributed by atoms with Crippen LogP contribution in [0.4, 0.5) is 0 Å². The third kappa shape index (κ3) is 2.33. The lowest BCUT2D eigenvalue weighted by atomic mass is 10.0. The number of aliphatic hydroxyl groups excluding tert-OH is 1. The van der Waals surface area contributed by atoms with Crippen molar-refractivity contribution >= 4 is 0 Å². The normalized spacial score (nSPS) is 12.0. The summed E-state index contributed by atoms with van der Waals surface area (Å²) in [5.41, 5.74) is 0.984. The fourth-order valence-electron chi connectivity index (χ4n) is 0.954. The van der Waals surface area contributed by atoms with Crippen molar-refractivity contribution in [2.24, 2.45) is 5.92 Å². The van der Waals surface area contributed by atoms with E-state index >= 15 is 0 Å². The smallest absolute Gasteiger partial charge is 0.0735 e. The van der Waals surface area contributed by atoms with Crippen molar-refractivity contribution in [1.82, 2.24) is 4.98 Å². The van der Waals surface area contributed by atoms with Crippen molar-refractivity contribution in [3.05, 3.63) is 30.1 Å². The molecule has 62 valence electrons. The van der Waals surface area contributed by atoms with Gasteiger partial charge in [-0.1, -0.05) is 6.07 Å². The molecular weight excluding hydrogens is 152 g/mol. The van der Waals surface area contributed by atoms with Gasteiger partial charge >= 0.3 is 0 Å². The topological polar surface area (TPSA) is 56.9 Å². The summed E-state index contributed by atoms with van der Waals surface area (Å²) in [5.74, 6) is -0.311. The molecule has 0 aliphatic rings. The molecule has 3 nitrogen and oxygen atoms in total. The lowest BCUT2D eigenvalue weighted by molar-refractivity contribution is 0.255. The highest BCUT2D eigenvalue weighted by Crippen LogP contribution is 2.05. The zero-order valence-electron chi connectivity index (χ0n) is 6.64. The van der Waals surface area contributed by atoms with Crippen molar-refractivity contribution in [2.45, 2.75) is 6.42 Å². The number of nitrogens with zero attached hydrogens (tertiary/aromatic N) is 2. The van der Waals surface area contributed by atoms with Crippen molar-refractivity contribution in [1.29, 1.82) is 5.26 Å². The molecule has 1 unspecified atom stereocenters. The van der Waals surface area contributed by atoms with Gasteiger partial charge in [-0.05, 0) is 18.1 Å². The van der Waals surface area contributed by atoms with Gasteiger partial charge in [0.1, 0.15) is 0 Å². The van der Waals surface area contributed by atoms with E-state index < -0.39 is 0 Å². The molecular formula is C9H10N2O. The molecule has 1 rings (SSSR count). The fraction of sp³-hybridized carbons (Fsp3) is 0.333. The summed E-state index contributed by atoms with van der Waals surface area (Å²) in [5, 5.41) is 17.3. The number of hydrogen-bond acceptors (Lipinski definition) is 3. The van der Waals surface area contributed by atoms with Crippen LogP contribution in [0, 0.1) is 17.2 Å². The Morgan fingerprint density at radius 1 is 1.67 bits per heavy atom. The van der Waals surface area contributed by atoms with Crippen molar-refractivity contribution in [3.63, 3.8) is 0 Å². The van der Waals surface area contributed by atoms with Gasteiger partial charge in [0.05, 0.1) is 18.6 Å². The summed E-state index contributed by atoms with van der Waals surface area (Å²) in [6.45, 7) is -0.0919. The maximum absolute atomic E-state index is 8.74. The number of rotatable bonds is 3. The van der Waals surface area contributed by atoms with Gasteiger partial charge in [-0.3, -0.25) is 4.98 Å². The van der Waals surface area contributed by atoms with Crippen LogP contribution in [0.5, 0.6) is 0 Å². The zero-order valence-corrected chi connectivity index (χ0v) is 6.64. The van der Waals surface area contributed by atoms with E-state index in [1.54, 1.807) is 12.4 Å². The second kappa shape index (κ2) is 4.47. The Morgan fingerprint density at radius 2 is 2.50 bits per heavy atom. The van der Waals surface area contributed by atoms with Gasteiger partial charge in [0.2, 0.25) is 0 Å². The molecule has 0 saturated carbocycles. The van der Waals surface area contributed by atoms with Crippen LogP contribution in [0.3, 0.4) is 0 Å². The highest BCUT2D eigenvalue weighted by atomic mass is 16.3. The summed E-state index contributed by atoms with van der Waals surface area (Å²) in [4.78, 5) is 3.92. The van der Waals surface area contributed by atoms with Gasteiger partial charge in [-0.25, -0.2) is 0 Å². The Bertz CT molecular complexity index is 266. The van der Waals surface area contributed by atoms with Crippen LogP contribution < -0.4 is 0 Å². The lowest BCUT2D eigenvalue weighted by Gasteiger charge is -2.03. The molecule has 0 fully saturated rings. The molecule has 1 N–H and O–H groups in total. The van der Waals surface area contributed by atoms with E-state index in [1.807, 2.05) is 18.2 Å². The van der Waals surface area contributed by atoms with Gasteiger partial charge < -0.3 is 5.11 Å². The predicted molar refractivity (Wildman–Crippen MR) is 44.1 cm³/mol. The Morgan fingerprint density at radius 3 is 3.00 bits per heavy atom. The Kier molecular flexibility index (Phi) is 3.24. The largest absolute Gasteiger partial charge is 0.395 e. The first-order valence-electron chi connectivity index (χ1n) is 3.76. The van der Waals surface area contributed by atoms with Crippen LogP contribution >= 0.6 is 0 Å². The number of aliphatic hydroxyl groups is 1. The van der Waals surface area contributed by atoms with Crippen LogP contribution in [0.1, 0.15) is 5.56 Å². The van der Waals surface area contributed by atoms with E-state index in [0.29, 0.717) is 6.42 Å². The number of pyridine rings is 1. The Labute approximate surface area is 71.3 Å². The molecule has 1 aromatic rings. The van der Waals surface area contributed by atoms with E-state index in [-0.39, 0.29) is 12.5 Å². The van der Waals surface area contributed by atoms with Gasteiger partial charge in [0.25, 0.3) is 0 Å². The summed E-state index contributed by atoms with van der Waals surface area (Å²) >= 11 is 0. The molecule has 0 radical (unpaired) electrons. The quantitative estimate of drug-likeness (QED) is 0.713. The van der Waals surface area contributed by atoms with E-state index in [2.05, 4.69) is 4.98 Å². The molecule has 1 aromatic heterocycles. The second-order valence-electron chi connectivity index (χ2n) is 2.57. The number of hydrogen-bond donors (Lipinski definition) is 1. The highest BCUT2D eigenvalue weighted by molar-refractivity contribution is 5.11. The zero-order chi connectivity index (χ0) is 8.81. The van der Waals surface area contributed by atoms with E-state index in [1.165, 1.54) is 0 Å². The standard InChI is InChI=1S/C9H10N2O/c10-5-9(7-12)4-8-2-1-3-11-6-8/h1-3,6,9,12H,4,7H2. The third-order valence-corrected chi connectivity index (χ3v) is 1.61. The number of aromatic nitrogens is 1. The third-order valence-electron chi connectivity index (χ3n) is 1.61. The van der Waals surface area contributed by atoms with E-state index in [0.717, 1.165) is 5.56 Å². The van der Waals surface area contributed by atoms with Gasteiger partial charge in [-0.15, -0.1) is 0 Å². The molecule has 0 aliphatic heterocycles. The second-order valence-corrected chi connectivity index (χ2v) is 2.57. The Balaban J connectivity index is 2.58. The average molecular weight is 162 g/mol. The molecule has 0 spiro atoms. The summed E-state index contributed by atoms with van der Waals surface area (Å²) < 4.78 is 0. The molecule has 1 heterocycles. The maximum Gasteiger partial charge on any atom is 0.0735 e. The molecule has 12 heavy (non-hydrogen) atoms. The first kappa shape index (κ1) is 8.69.